The van der Waals surface area contributed by atoms with Crippen LogP contribution in [0.1, 0.15) is 40.7 Å². The van der Waals surface area contributed by atoms with E-state index in [9.17, 15) is 14.7 Å². The summed E-state index contributed by atoms with van der Waals surface area (Å²) in [6.45, 7) is 3.27. The van der Waals surface area contributed by atoms with Crippen molar-refractivity contribution in [3.05, 3.63) is 120 Å². The van der Waals surface area contributed by atoms with E-state index < -0.39 is 5.97 Å². The van der Waals surface area contributed by atoms with Crippen LogP contribution in [0, 0.1) is 0 Å². The number of piperidine rings is 1. The highest BCUT2D eigenvalue weighted by atomic mass is 16.4. The van der Waals surface area contributed by atoms with Crippen LogP contribution in [0.4, 0.5) is 5.69 Å². The number of nitrogens with zero attached hydrogens (tertiary/aromatic N) is 3. The normalized spacial score (nSPS) is 15.0. The predicted octanol–water partition coefficient (Wildman–Crippen LogP) is 5.88. The Bertz CT molecular complexity index is 1340. The molecule has 0 saturated carbocycles. The highest BCUT2D eigenvalue weighted by Gasteiger charge is 2.37. The third-order valence-electron chi connectivity index (χ3n) is 7.83. The highest BCUT2D eigenvalue weighted by Crippen LogP contribution is 2.41. The van der Waals surface area contributed by atoms with Crippen LogP contribution in [-0.4, -0.2) is 53.5 Å². The topological polar surface area (TPSA) is 73.7 Å². The SMILES string of the molecule is O=CN(CCCN1CCC(c2ccccc2)(c2ccccc2)CC1)c1cc(C(=O)O)cnc1-c1ccccc1. The lowest BCUT2D eigenvalue weighted by Crippen LogP contribution is -2.44. The van der Waals surface area contributed by atoms with E-state index in [1.165, 1.54) is 17.3 Å². The highest BCUT2D eigenvalue weighted by molar-refractivity contribution is 5.93. The number of amides is 1. The Balaban J connectivity index is 1.28. The molecule has 6 nitrogen and oxygen atoms in total. The maximum Gasteiger partial charge on any atom is 0.337 e. The van der Waals surface area contributed by atoms with E-state index in [2.05, 4.69) is 70.5 Å². The van der Waals surface area contributed by atoms with Crippen molar-refractivity contribution < 1.29 is 14.7 Å². The molecule has 1 aliphatic rings. The molecule has 0 unspecified atom stereocenters. The first-order chi connectivity index (χ1) is 19.1. The lowest BCUT2D eigenvalue weighted by Gasteiger charge is -2.43. The number of anilines is 1. The van der Waals surface area contributed by atoms with E-state index in [4.69, 9.17) is 0 Å². The van der Waals surface area contributed by atoms with Crippen LogP contribution in [0.3, 0.4) is 0 Å². The first-order valence-electron chi connectivity index (χ1n) is 13.4. The van der Waals surface area contributed by atoms with Crippen LogP contribution in [0.2, 0.25) is 0 Å². The van der Waals surface area contributed by atoms with Gasteiger partial charge in [-0.3, -0.25) is 9.78 Å². The van der Waals surface area contributed by atoms with Gasteiger partial charge in [-0.05, 0) is 56.1 Å². The number of carbonyl (C=O) groups excluding carboxylic acids is 1. The minimum Gasteiger partial charge on any atom is -0.478 e. The molecule has 1 aromatic heterocycles. The van der Waals surface area contributed by atoms with E-state index in [0.717, 1.165) is 50.9 Å². The van der Waals surface area contributed by atoms with Gasteiger partial charge in [0.2, 0.25) is 6.41 Å². The van der Waals surface area contributed by atoms with E-state index in [1.807, 2.05) is 30.3 Å². The minimum atomic E-state index is -1.07. The number of hydrogen-bond acceptors (Lipinski definition) is 4. The van der Waals surface area contributed by atoms with Crippen molar-refractivity contribution in [3.63, 3.8) is 0 Å². The van der Waals surface area contributed by atoms with Crippen LogP contribution >= 0.6 is 0 Å². The number of carbonyl (C=O) groups is 2. The lowest BCUT2D eigenvalue weighted by molar-refractivity contribution is -0.107. The lowest BCUT2D eigenvalue weighted by atomic mass is 9.68. The predicted molar refractivity (Wildman–Crippen MR) is 154 cm³/mol. The first kappa shape index (κ1) is 26.3. The first-order valence-corrected chi connectivity index (χ1v) is 13.4. The number of hydrogen-bond donors (Lipinski definition) is 1. The second kappa shape index (κ2) is 12.0. The molecule has 6 heteroatoms. The molecular formula is C33H33N3O3. The molecule has 5 rings (SSSR count). The molecular weight excluding hydrogens is 486 g/mol. The summed E-state index contributed by atoms with van der Waals surface area (Å²) >= 11 is 0. The molecule has 0 spiro atoms. The number of rotatable bonds is 10. The molecule has 4 aromatic rings. The maximum atomic E-state index is 12.2. The van der Waals surface area contributed by atoms with Gasteiger partial charge in [0.1, 0.15) is 0 Å². The van der Waals surface area contributed by atoms with E-state index >= 15 is 0 Å². The summed E-state index contributed by atoms with van der Waals surface area (Å²) in [5, 5.41) is 9.52. The smallest absolute Gasteiger partial charge is 0.337 e. The standard InChI is InChI=1S/C33H33N3O3/c37-25-36(30-23-27(32(38)39)24-34-31(30)26-11-4-1-5-12-26)20-10-19-35-21-17-33(18-22-35,28-13-6-2-7-14-28)29-15-8-3-9-16-29/h1-9,11-16,23-25H,10,17-22H2,(H,38,39). The number of pyridine rings is 1. The molecule has 1 N–H and O–H groups in total. The van der Waals surface area contributed by atoms with Crippen molar-refractivity contribution in [2.45, 2.75) is 24.7 Å². The number of carboxylic acids is 1. The maximum absolute atomic E-state index is 12.2. The van der Waals surface area contributed by atoms with Crippen LogP contribution in [0.25, 0.3) is 11.3 Å². The van der Waals surface area contributed by atoms with Gasteiger partial charge in [0.25, 0.3) is 0 Å². The minimum absolute atomic E-state index is 0.00137. The fourth-order valence-electron chi connectivity index (χ4n) is 5.72. The molecule has 39 heavy (non-hydrogen) atoms. The average Bonchev–Trinajstić information content (AvgIpc) is 3.01. The van der Waals surface area contributed by atoms with Crippen LogP contribution in [0.5, 0.6) is 0 Å². The van der Waals surface area contributed by atoms with E-state index in [0.29, 0.717) is 17.9 Å². The third-order valence-corrected chi connectivity index (χ3v) is 7.83. The molecule has 1 amide bonds. The Morgan fingerprint density at radius 3 is 2.00 bits per heavy atom. The Kier molecular flexibility index (Phi) is 8.13. The van der Waals surface area contributed by atoms with Gasteiger partial charge in [0.15, 0.2) is 0 Å². The van der Waals surface area contributed by atoms with E-state index in [1.54, 1.807) is 11.0 Å². The summed E-state index contributed by atoms with van der Waals surface area (Å²) in [7, 11) is 0. The monoisotopic (exact) mass is 519 g/mol. The van der Waals surface area contributed by atoms with Crippen LogP contribution < -0.4 is 4.90 Å². The zero-order chi connectivity index (χ0) is 27.1. The molecule has 2 heterocycles. The van der Waals surface area contributed by atoms with Gasteiger partial charge in [0.05, 0.1) is 16.9 Å². The molecule has 1 fully saturated rings. The van der Waals surface area contributed by atoms with Gasteiger partial charge >= 0.3 is 5.97 Å². The molecule has 198 valence electrons. The van der Waals surface area contributed by atoms with Crippen LogP contribution in [0.15, 0.2) is 103 Å². The second-order valence-electron chi connectivity index (χ2n) is 10.1. The quantitative estimate of drug-likeness (QED) is 0.265. The molecule has 0 atom stereocenters. The fraction of sp³-hybridized carbons (Fsp3) is 0.242. The number of benzene rings is 3. The Hall–Kier alpha value is -4.29. The largest absolute Gasteiger partial charge is 0.478 e. The fourth-order valence-corrected chi connectivity index (χ4v) is 5.72. The molecule has 0 bridgehead atoms. The van der Waals surface area contributed by atoms with Crippen molar-refractivity contribution in [3.8, 4) is 11.3 Å². The van der Waals surface area contributed by atoms with Crippen molar-refractivity contribution in [1.29, 1.82) is 0 Å². The van der Waals surface area contributed by atoms with Crippen molar-refractivity contribution in [2.24, 2.45) is 0 Å². The number of carboxylic acid groups (broad SMARTS) is 1. The summed E-state index contributed by atoms with van der Waals surface area (Å²) < 4.78 is 0. The van der Waals surface area contributed by atoms with Crippen molar-refractivity contribution in [2.75, 3.05) is 31.1 Å². The third kappa shape index (κ3) is 5.76. The van der Waals surface area contributed by atoms with Gasteiger partial charge in [-0.2, -0.15) is 0 Å². The Morgan fingerprint density at radius 2 is 1.46 bits per heavy atom. The average molecular weight is 520 g/mol. The second-order valence-corrected chi connectivity index (χ2v) is 10.1. The Labute approximate surface area is 229 Å². The molecule has 3 aromatic carbocycles. The van der Waals surface area contributed by atoms with Gasteiger partial charge in [-0.1, -0.05) is 91.0 Å². The summed E-state index contributed by atoms with van der Waals surface area (Å²) in [6, 6.07) is 32.7. The van der Waals surface area contributed by atoms with Crippen molar-refractivity contribution in [1.82, 2.24) is 9.88 Å². The number of aromatic carboxylic acids is 1. The Morgan fingerprint density at radius 1 is 0.897 bits per heavy atom. The van der Waals surface area contributed by atoms with Gasteiger partial charge in [-0.15, -0.1) is 0 Å². The number of likely N-dealkylation sites (tertiary alicyclic amines) is 1. The molecule has 1 saturated heterocycles. The van der Waals surface area contributed by atoms with E-state index in [-0.39, 0.29) is 11.0 Å². The zero-order valence-corrected chi connectivity index (χ0v) is 21.9. The zero-order valence-electron chi connectivity index (χ0n) is 21.9. The molecule has 0 aliphatic carbocycles. The summed E-state index contributed by atoms with van der Waals surface area (Å²) in [4.78, 5) is 32.3. The summed E-state index contributed by atoms with van der Waals surface area (Å²) in [5.41, 5.74) is 4.74. The van der Waals surface area contributed by atoms with Crippen LogP contribution in [-0.2, 0) is 10.2 Å². The van der Waals surface area contributed by atoms with Gasteiger partial charge in [0, 0.05) is 23.7 Å². The molecule has 1 aliphatic heterocycles. The summed E-state index contributed by atoms with van der Waals surface area (Å²) in [5.74, 6) is -1.07. The van der Waals surface area contributed by atoms with Crippen molar-refractivity contribution >= 4 is 18.1 Å². The number of aromatic nitrogens is 1. The molecule has 0 radical (unpaired) electrons. The van der Waals surface area contributed by atoms with Gasteiger partial charge < -0.3 is 14.9 Å². The van der Waals surface area contributed by atoms with Gasteiger partial charge in [-0.25, -0.2) is 4.79 Å². The summed E-state index contributed by atoms with van der Waals surface area (Å²) in [6.07, 6.45) is 4.95.